The molecule has 0 saturated heterocycles. The van der Waals surface area contributed by atoms with Gasteiger partial charge in [0.15, 0.2) is 0 Å². The molecule has 1 aromatic carbocycles. The molecule has 0 aliphatic carbocycles. The molecule has 0 bridgehead atoms. The van der Waals surface area contributed by atoms with Crippen LogP contribution < -0.4 is 5.32 Å². The third kappa shape index (κ3) is 3.14. The van der Waals surface area contributed by atoms with Gasteiger partial charge in [0, 0.05) is 5.69 Å². The van der Waals surface area contributed by atoms with Crippen molar-refractivity contribution in [2.45, 2.75) is 12.7 Å². The van der Waals surface area contributed by atoms with Gasteiger partial charge in [0.1, 0.15) is 5.76 Å². The van der Waals surface area contributed by atoms with Crippen molar-refractivity contribution in [3.8, 4) is 6.07 Å². The molecule has 0 saturated carbocycles. The van der Waals surface area contributed by atoms with E-state index in [0.29, 0.717) is 10.2 Å². The molecule has 7 heteroatoms. The molecule has 1 heterocycles. The summed E-state index contributed by atoms with van der Waals surface area (Å²) < 4.78 is 44.6. The van der Waals surface area contributed by atoms with E-state index < -0.39 is 11.7 Å². The van der Waals surface area contributed by atoms with E-state index in [2.05, 4.69) is 21.2 Å². The van der Waals surface area contributed by atoms with E-state index >= 15 is 0 Å². The summed E-state index contributed by atoms with van der Waals surface area (Å²) in [6.07, 6.45) is -3.10. The largest absolute Gasteiger partial charge is 0.466 e. The first kappa shape index (κ1) is 14.5. The molecule has 2 rings (SSSR count). The quantitative estimate of drug-likeness (QED) is 0.888. The Morgan fingerprint density at radius 1 is 1.30 bits per heavy atom. The predicted octanol–water partition coefficient (Wildman–Crippen LogP) is 4.54. The normalized spacial score (nSPS) is 11.2. The molecule has 0 atom stereocenters. The van der Waals surface area contributed by atoms with E-state index in [9.17, 15) is 13.2 Å². The van der Waals surface area contributed by atoms with Crippen molar-refractivity contribution in [2.75, 3.05) is 5.32 Å². The Hall–Kier alpha value is -1.94. The number of halogens is 4. The van der Waals surface area contributed by atoms with Crippen LogP contribution in [0.25, 0.3) is 0 Å². The maximum atomic E-state index is 12.9. The molecule has 0 unspecified atom stereocenters. The summed E-state index contributed by atoms with van der Waals surface area (Å²) in [6.45, 7) is 0.0998. The Morgan fingerprint density at radius 3 is 2.60 bits per heavy atom. The summed E-state index contributed by atoms with van der Waals surface area (Å²) >= 11 is 3.22. The van der Waals surface area contributed by atoms with Gasteiger partial charge in [-0.2, -0.15) is 18.4 Å². The molecule has 2 aromatic rings. The Labute approximate surface area is 121 Å². The summed E-state index contributed by atoms with van der Waals surface area (Å²) in [6, 6.07) is 6.73. The molecule has 104 valence electrons. The highest BCUT2D eigenvalue weighted by Crippen LogP contribution is 2.35. The van der Waals surface area contributed by atoms with E-state index in [1.54, 1.807) is 12.1 Å². The van der Waals surface area contributed by atoms with Crippen LogP contribution >= 0.6 is 15.9 Å². The SMILES string of the molecule is N#Cc1ccc(NCc2occc2Br)c(C(F)(F)F)c1. The summed E-state index contributed by atoms with van der Waals surface area (Å²) in [5.74, 6) is 0.488. The Kier molecular flexibility index (Phi) is 4.04. The first-order chi connectivity index (χ1) is 9.41. The van der Waals surface area contributed by atoms with Crippen molar-refractivity contribution in [2.24, 2.45) is 0 Å². The lowest BCUT2D eigenvalue weighted by Gasteiger charge is -2.14. The summed E-state index contributed by atoms with van der Waals surface area (Å²) in [4.78, 5) is 0. The standard InChI is InChI=1S/C13H8BrF3N2O/c14-10-3-4-20-12(10)7-19-11-2-1-8(6-18)5-9(11)13(15,16)17/h1-5,19H,7H2. The molecule has 0 fully saturated rings. The second-order valence-electron chi connectivity index (χ2n) is 3.92. The number of hydrogen-bond acceptors (Lipinski definition) is 3. The van der Waals surface area contributed by atoms with Crippen LogP contribution in [0.3, 0.4) is 0 Å². The van der Waals surface area contributed by atoms with E-state index in [0.717, 1.165) is 6.07 Å². The van der Waals surface area contributed by atoms with Gasteiger partial charge in [-0.15, -0.1) is 0 Å². The molecule has 3 nitrogen and oxygen atoms in total. The topological polar surface area (TPSA) is 49.0 Å². The van der Waals surface area contributed by atoms with Gasteiger partial charge in [-0.25, -0.2) is 0 Å². The molecule has 0 spiro atoms. The van der Waals surface area contributed by atoms with E-state index in [1.165, 1.54) is 18.4 Å². The van der Waals surface area contributed by atoms with Crippen molar-refractivity contribution in [1.29, 1.82) is 5.26 Å². The number of rotatable bonds is 3. The fraction of sp³-hybridized carbons (Fsp3) is 0.154. The zero-order valence-electron chi connectivity index (χ0n) is 9.96. The molecule has 20 heavy (non-hydrogen) atoms. The summed E-state index contributed by atoms with van der Waals surface area (Å²) in [5, 5.41) is 11.3. The van der Waals surface area contributed by atoms with Gasteiger partial charge >= 0.3 is 6.18 Å². The first-order valence-corrected chi connectivity index (χ1v) is 6.28. The van der Waals surface area contributed by atoms with Crippen LogP contribution in [0.4, 0.5) is 18.9 Å². The number of hydrogen-bond donors (Lipinski definition) is 1. The van der Waals surface area contributed by atoms with Crippen LogP contribution in [-0.4, -0.2) is 0 Å². The van der Waals surface area contributed by atoms with Gasteiger partial charge in [0.25, 0.3) is 0 Å². The fourth-order valence-corrected chi connectivity index (χ4v) is 1.97. The second kappa shape index (κ2) is 5.59. The highest BCUT2D eigenvalue weighted by Gasteiger charge is 2.33. The van der Waals surface area contributed by atoms with Crippen LogP contribution in [0.2, 0.25) is 0 Å². The molecule has 1 aromatic heterocycles. The van der Waals surface area contributed by atoms with Gasteiger partial charge in [0.05, 0.1) is 34.5 Å². The maximum Gasteiger partial charge on any atom is 0.418 e. The van der Waals surface area contributed by atoms with Crippen LogP contribution in [0.5, 0.6) is 0 Å². The molecular weight excluding hydrogens is 337 g/mol. The minimum atomic E-state index is -4.53. The average molecular weight is 345 g/mol. The molecule has 1 N–H and O–H groups in total. The van der Waals surface area contributed by atoms with Crippen molar-refractivity contribution in [3.63, 3.8) is 0 Å². The minimum absolute atomic E-state index is 0.0398. The van der Waals surface area contributed by atoms with Crippen molar-refractivity contribution < 1.29 is 17.6 Å². The number of nitrogens with one attached hydrogen (secondary N) is 1. The molecule has 0 amide bonds. The predicted molar refractivity (Wildman–Crippen MR) is 69.9 cm³/mol. The number of benzene rings is 1. The lowest BCUT2D eigenvalue weighted by molar-refractivity contribution is -0.137. The Balaban J connectivity index is 2.28. The van der Waals surface area contributed by atoms with E-state index in [-0.39, 0.29) is 17.8 Å². The molecule has 0 aliphatic rings. The second-order valence-corrected chi connectivity index (χ2v) is 4.77. The number of nitriles is 1. The average Bonchev–Trinajstić information content (AvgIpc) is 2.80. The fourth-order valence-electron chi connectivity index (χ4n) is 1.63. The summed E-state index contributed by atoms with van der Waals surface area (Å²) in [5.41, 5.74) is -1.01. The highest BCUT2D eigenvalue weighted by molar-refractivity contribution is 9.10. The third-order valence-corrected chi connectivity index (χ3v) is 3.29. The third-order valence-electron chi connectivity index (χ3n) is 2.58. The lowest BCUT2D eigenvalue weighted by atomic mass is 10.1. The van der Waals surface area contributed by atoms with Crippen LogP contribution in [-0.2, 0) is 12.7 Å². The van der Waals surface area contributed by atoms with E-state index in [4.69, 9.17) is 9.68 Å². The van der Waals surface area contributed by atoms with Gasteiger partial charge in [-0.1, -0.05) is 0 Å². The monoisotopic (exact) mass is 344 g/mol. The van der Waals surface area contributed by atoms with Crippen molar-refractivity contribution in [1.82, 2.24) is 0 Å². The van der Waals surface area contributed by atoms with Gasteiger partial charge in [0.2, 0.25) is 0 Å². The van der Waals surface area contributed by atoms with Gasteiger partial charge < -0.3 is 9.73 Å². The maximum absolute atomic E-state index is 12.9. The Morgan fingerprint density at radius 2 is 2.05 bits per heavy atom. The van der Waals surface area contributed by atoms with Gasteiger partial charge in [-0.05, 0) is 40.2 Å². The number of furan rings is 1. The van der Waals surface area contributed by atoms with Crippen molar-refractivity contribution >= 4 is 21.6 Å². The molecule has 0 aliphatic heterocycles. The molecular formula is C13H8BrF3N2O. The number of anilines is 1. The van der Waals surface area contributed by atoms with Crippen LogP contribution in [0, 0.1) is 11.3 Å². The highest BCUT2D eigenvalue weighted by atomic mass is 79.9. The zero-order chi connectivity index (χ0) is 14.8. The van der Waals surface area contributed by atoms with Crippen LogP contribution in [0.15, 0.2) is 39.4 Å². The minimum Gasteiger partial charge on any atom is -0.466 e. The first-order valence-electron chi connectivity index (χ1n) is 5.49. The summed E-state index contributed by atoms with van der Waals surface area (Å²) in [7, 11) is 0. The smallest absolute Gasteiger partial charge is 0.418 e. The zero-order valence-corrected chi connectivity index (χ0v) is 11.5. The van der Waals surface area contributed by atoms with Gasteiger partial charge in [-0.3, -0.25) is 0 Å². The number of nitrogens with zero attached hydrogens (tertiary/aromatic N) is 1. The Bertz CT molecular complexity index is 658. The molecule has 0 radical (unpaired) electrons. The lowest BCUT2D eigenvalue weighted by Crippen LogP contribution is -2.11. The van der Waals surface area contributed by atoms with Crippen LogP contribution in [0.1, 0.15) is 16.9 Å². The van der Waals surface area contributed by atoms with E-state index in [1.807, 2.05) is 0 Å². The number of alkyl halides is 3. The van der Waals surface area contributed by atoms with Crippen molar-refractivity contribution in [3.05, 3.63) is 51.9 Å².